The number of ether oxygens (including phenoxy) is 1. The molecule has 0 unspecified atom stereocenters. The van der Waals surface area contributed by atoms with Gasteiger partial charge in [-0.3, -0.25) is 4.79 Å². The second-order valence-corrected chi connectivity index (χ2v) is 10.1. The lowest BCUT2D eigenvalue weighted by Gasteiger charge is -2.25. The fourth-order valence-electron chi connectivity index (χ4n) is 3.62. The molecule has 1 heterocycles. The van der Waals surface area contributed by atoms with Gasteiger partial charge in [-0.25, -0.2) is 22.4 Å². The standard InChI is InChI=1S/C23H26FN3O7S/c1-26(2)23(31)34-17-9-5-15(6-10-17)14-19(22(29)30)25-21(28)20-4-3-13-27(20)35(32,33)18-11-7-16(24)8-12-18/h5-12,19-20H,3-4,13-14H2,1-2H3,(H,25,28)(H,29,30)/t19-,20-/m0/s1. The smallest absolute Gasteiger partial charge is 0.414 e. The molecule has 1 aliphatic rings. The quantitative estimate of drug-likeness (QED) is 0.557. The van der Waals surface area contributed by atoms with E-state index in [1.54, 1.807) is 12.1 Å². The van der Waals surface area contributed by atoms with E-state index >= 15 is 0 Å². The molecule has 0 bridgehead atoms. The van der Waals surface area contributed by atoms with Crippen LogP contribution in [-0.4, -0.2) is 73.4 Å². The Morgan fingerprint density at radius 1 is 1.14 bits per heavy atom. The highest BCUT2D eigenvalue weighted by Gasteiger charge is 2.40. The first-order valence-electron chi connectivity index (χ1n) is 10.8. The van der Waals surface area contributed by atoms with Crippen molar-refractivity contribution in [3.8, 4) is 5.75 Å². The van der Waals surface area contributed by atoms with Crippen LogP contribution < -0.4 is 10.1 Å². The fourth-order valence-corrected chi connectivity index (χ4v) is 5.28. The highest BCUT2D eigenvalue weighted by molar-refractivity contribution is 7.89. The van der Waals surface area contributed by atoms with E-state index < -0.39 is 45.9 Å². The molecule has 0 saturated carbocycles. The first-order chi connectivity index (χ1) is 16.5. The molecule has 2 N–H and O–H groups in total. The molecule has 0 radical (unpaired) electrons. The lowest BCUT2D eigenvalue weighted by atomic mass is 10.1. The number of sulfonamides is 1. The summed E-state index contributed by atoms with van der Waals surface area (Å²) in [5, 5.41) is 12.1. The lowest BCUT2D eigenvalue weighted by molar-refractivity contribution is -0.142. The monoisotopic (exact) mass is 507 g/mol. The Morgan fingerprint density at radius 3 is 2.34 bits per heavy atom. The number of hydrogen-bond acceptors (Lipinski definition) is 6. The number of rotatable bonds is 8. The van der Waals surface area contributed by atoms with Crippen LogP contribution in [0.3, 0.4) is 0 Å². The van der Waals surface area contributed by atoms with Crippen molar-refractivity contribution in [2.45, 2.75) is 36.2 Å². The number of nitrogens with zero attached hydrogens (tertiary/aromatic N) is 2. The van der Waals surface area contributed by atoms with Gasteiger partial charge in [-0.05, 0) is 54.8 Å². The second kappa shape index (κ2) is 10.8. The maximum absolute atomic E-state index is 13.2. The summed E-state index contributed by atoms with van der Waals surface area (Å²) >= 11 is 0. The van der Waals surface area contributed by atoms with Crippen molar-refractivity contribution in [2.24, 2.45) is 0 Å². The van der Waals surface area contributed by atoms with Gasteiger partial charge in [-0.2, -0.15) is 4.31 Å². The summed E-state index contributed by atoms with van der Waals surface area (Å²) in [4.78, 5) is 37.5. The van der Waals surface area contributed by atoms with Crippen LogP contribution in [0.25, 0.3) is 0 Å². The SMILES string of the molecule is CN(C)C(=O)Oc1ccc(C[C@H](NC(=O)[C@@H]2CCCN2S(=O)(=O)c2ccc(F)cc2)C(=O)O)cc1. The fraction of sp³-hybridized carbons (Fsp3) is 0.348. The summed E-state index contributed by atoms with van der Waals surface area (Å²) < 4.78 is 45.3. The Hall–Kier alpha value is -3.51. The van der Waals surface area contributed by atoms with Crippen LogP contribution in [0.2, 0.25) is 0 Å². The number of halogens is 1. The highest BCUT2D eigenvalue weighted by Crippen LogP contribution is 2.26. The van der Waals surface area contributed by atoms with Crippen molar-refractivity contribution in [3.05, 3.63) is 59.9 Å². The van der Waals surface area contributed by atoms with Gasteiger partial charge in [0.25, 0.3) is 0 Å². The summed E-state index contributed by atoms with van der Waals surface area (Å²) in [6.45, 7) is 0.0860. The molecular formula is C23H26FN3O7S. The maximum Gasteiger partial charge on any atom is 0.414 e. The largest absolute Gasteiger partial charge is 0.480 e. The molecule has 1 saturated heterocycles. The lowest BCUT2D eigenvalue weighted by Crippen LogP contribution is -2.51. The van der Waals surface area contributed by atoms with Gasteiger partial charge >= 0.3 is 12.1 Å². The third-order valence-corrected chi connectivity index (χ3v) is 7.40. The minimum Gasteiger partial charge on any atom is -0.480 e. The minimum absolute atomic E-state index is 0.0690. The molecule has 1 fully saturated rings. The van der Waals surface area contributed by atoms with E-state index in [2.05, 4.69) is 5.32 Å². The van der Waals surface area contributed by atoms with Crippen molar-refractivity contribution in [1.29, 1.82) is 0 Å². The summed E-state index contributed by atoms with van der Waals surface area (Å²) in [7, 11) is -1.00. The van der Waals surface area contributed by atoms with Gasteiger partial charge in [-0.15, -0.1) is 0 Å². The van der Waals surface area contributed by atoms with Crippen molar-refractivity contribution in [3.63, 3.8) is 0 Å². The van der Waals surface area contributed by atoms with Gasteiger partial charge in [-0.1, -0.05) is 12.1 Å². The number of carboxylic acids is 1. The van der Waals surface area contributed by atoms with E-state index in [-0.39, 0.29) is 30.0 Å². The number of carbonyl (C=O) groups excluding carboxylic acids is 2. The zero-order valence-electron chi connectivity index (χ0n) is 19.2. The van der Waals surface area contributed by atoms with Gasteiger partial charge in [0, 0.05) is 27.1 Å². The van der Waals surface area contributed by atoms with Gasteiger partial charge in [0.2, 0.25) is 15.9 Å². The third-order valence-electron chi connectivity index (χ3n) is 5.47. The minimum atomic E-state index is -4.07. The van der Waals surface area contributed by atoms with Crippen molar-refractivity contribution >= 4 is 28.0 Å². The number of amides is 2. The molecule has 2 atom stereocenters. The van der Waals surface area contributed by atoms with Crippen LogP contribution in [0.1, 0.15) is 18.4 Å². The molecule has 0 spiro atoms. The molecule has 1 aliphatic heterocycles. The van der Waals surface area contributed by atoms with Crippen molar-refractivity contribution in [2.75, 3.05) is 20.6 Å². The van der Waals surface area contributed by atoms with Crippen LogP contribution in [0.4, 0.5) is 9.18 Å². The molecule has 12 heteroatoms. The van der Waals surface area contributed by atoms with Crippen LogP contribution in [0.5, 0.6) is 5.75 Å². The topological polar surface area (TPSA) is 133 Å². The Balaban J connectivity index is 1.69. The molecule has 3 rings (SSSR count). The van der Waals surface area contributed by atoms with E-state index in [4.69, 9.17) is 4.74 Å². The summed E-state index contributed by atoms with van der Waals surface area (Å²) in [6.07, 6.45) is 0.0130. The highest BCUT2D eigenvalue weighted by atomic mass is 32.2. The van der Waals surface area contributed by atoms with Gasteiger partial charge in [0.1, 0.15) is 23.7 Å². The molecule has 2 aromatic carbocycles. The molecule has 0 aliphatic carbocycles. The Morgan fingerprint density at radius 2 is 1.77 bits per heavy atom. The predicted molar refractivity (Wildman–Crippen MR) is 123 cm³/mol. The molecule has 0 aromatic heterocycles. The normalized spacial score (nSPS) is 16.9. The van der Waals surface area contributed by atoms with E-state index in [0.29, 0.717) is 12.0 Å². The number of carboxylic acid groups (broad SMARTS) is 1. The molecule has 2 aromatic rings. The van der Waals surface area contributed by atoms with Crippen LogP contribution in [0.15, 0.2) is 53.4 Å². The third kappa shape index (κ3) is 6.34. The van der Waals surface area contributed by atoms with Crippen molar-refractivity contribution < 1.29 is 37.0 Å². The Bertz CT molecular complexity index is 1180. The van der Waals surface area contributed by atoms with Gasteiger partial charge in [0.15, 0.2) is 0 Å². The van der Waals surface area contributed by atoms with Crippen LogP contribution in [-0.2, 0) is 26.0 Å². The van der Waals surface area contributed by atoms with Gasteiger partial charge in [0.05, 0.1) is 4.90 Å². The average Bonchev–Trinajstić information content (AvgIpc) is 3.31. The molecule has 2 amide bonds. The summed E-state index contributed by atoms with van der Waals surface area (Å²) in [5.74, 6) is -2.33. The van der Waals surface area contributed by atoms with Crippen LogP contribution in [0, 0.1) is 5.82 Å². The molecule has 188 valence electrons. The van der Waals surface area contributed by atoms with Gasteiger partial charge < -0.3 is 20.1 Å². The summed E-state index contributed by atoms with van der Waals surface area (Å²) in [6, 6.07) is 8.04. The maximum atomic E-state index is 13.2. The first-order valence-corrected chi connectivity index (χ1v) is 12.2. The summed E-state index contributed by atoms with van der Waals surface area (Å²) in [5.41, 5.74) is 0.560. The van der Waals surface area contributed by atoms with Crippen molar-refractivity contribution in [1.82, 2.24) is 14.5 Å². The predicted octanol–water partition coefficient (Wildman–Crippen LogP) is 1.85. The van der Waals surface area contributed by atoms with Crippen LogP contribution >= 0.6 is 0 Å². The first kappa shape index (κ1) is 26.1. The second-order valence-electron chi connectivity index (χ2n) is 8.24. The number of benzene rings is 2. The van der Waals surface area contributed by atoms with E-state index in [9.17, 15) is 32.3 Å². The molecular weight excluding hydrogens is 481 g/mol. The zero-order valence-corrected chi connectivity index (χ0v) is 20.0. The average molecular weight is 508 g/mol. The number of carbonyl (C=O) groups is 3. The Labute approximate surface area is 202 Å². The Kier molecular flexibility index (Phi) is 8.07. The molecule has 10 nitrogen and oxygen atoms in total. The zero-order chi connectivity index (χ0) is 25.8. The molecule has 35 heavy (non-hydrogen) atoms. The van der Waals surface area contributed by atoms with E-state index in [1.165, 1.54) is 31.1 Å². The van der Waals surface area contributed by atoms with E-state index in [0.717, 1.165) is 28.6 Å². The van der Waals surface area contributed by atoms with E-state index in [1.807, 2.05) is 0 Å². The number of nitrogens with one attached hydrogen (secondary N) is 1. The number of aliphatic carboxylic acids is 1. The number of hydrogen-bond donors (Lipinski definition) is 2.